The van der Waals surface area contributed by atoms with Crippen LogP contribution in [0.3, 0.4) is 0 Å². The molecule has 3 nitrogen and oxygen atoms in total. The average Bonchev–Trinajstić information content (AvgIpc) is 2.80. The van der Waals surface area contributed by atoms with Crippen LogP contribution in [0, 0.1) is 11.3 Å². The molecule has 2 aromatic rings. The van der Waals surface area contributed by atoms with Crippen molar-refractivity contribution in [2.75, 3.05) is 0 Å². The van der Waals surface area contributed by atoms with Crippen molar-refractivity contribution in [1.82, 2.24) is 9.55 Å². The normalized spacial score (nSPS) is 10.4. The topological polar surface area (TPSA) is 41.6 Å². The summed E-state index contributed by atoms with van der Waals surface area (Å²) in [6.45, 7) is 2.85. The summed E-state index contributed by atoms with van der Waals surface area (Å²) in [5.74, 6) is 0.943. The van der Waals surface area contributed by atoms with Gasteiger partial charge in [-0.15, -0.1) is 0 Å². The Hall–Kier alpha value is -1.60. The van der Waals surface area contributed by atoms with E-state index in [9.17, 15) is 0 Å². The minimum absolute atomic E-state index is 0.488. The molecule has 104 valence electrons. The second-order valence-electron chi connectivity index (χ2n) is 4.70. The van der Waals surface area contributed by atoms with Crippen molar-refractivity contribution >= 4 is 15.9 Å². The maximum Gasteiger partial charge on any atom is 0.141 e. The molecule has 1 heterocycles. The van der Waals surface area contributed by atoms with Gasteiger partial charge in [0, 0.05) is 12.1 Å². The molecule has 0 atom stereocenters. The molecule has 20 heavy (non-hydrogen) atoms. The number of aromatic nitrogens is 2. The molecule has 1 aromatic carbocycles. The van der Waals surface area contributed by atoms with Crippen LogP contribution in [0.2, 0.25) is 0 Å². The number of halogens is 1. The minimum atomic E-state index is 0.488. The largest absolute Gasteiger partial charge is 0.317 e. The molecule has 0 unspecified atom stereocenters. The molecule has 0 aliphatic rings. The standard InChI is InChI=1S/C16H18BrN3/c1-2-3-10-14-15(17)20(12-7-11-18)16(19-14)13-8-5-4-6-9-13/h4-6,8-9H,2-3,7,10,12H2,1H3. The number of imidazole rings is 1. The zero-order valence-corrected chi connectivity index (χ0v) is 13.2. The highest BCUT2D eigenvalue weighted by atomic mass is 79.9. The summed E-state index contributed by atoms with van der Waals surface area (Å²) in [7, 11) is 0. The zero-order valence-electron chi connectivity index (χ0n) is 11.6. The van der Waals surface area contributed by atoms with Gasteiger partial charge >= 0.3 is 0 Å². The fourth-order valence-electron chi connectivity index (χ4n) is 2.16. The first-order valence-corrected chi connectivity index (χ1v) is 7.74. The van der Waals surface area contributed by atoms with Gasteiger partial charge in [-0.3, -0.25) is 0 Å². The van der Waals surface area contributed by atoms with Gasteiger partial charge in [-0.2, -0.15) is 5.26 Å². The third-order valence-corrected chi connectivity index (χ3v) is 4.10. The third kappa shape index (κ3) is 3.29. The van der Waals surface area contributed by atoms with Gasteiger partial charge in [-0.1, -0.05) is 43.7 Å². The van der Waals surface area contributed by atoms with E-state index in [4.69, 9.17) is 10.2 Å². The van der Waals surface area contributed by atoms with Crippen LogP contribution >= 0.6 is 15.9 Å². The summed E-state index contributed by atoms with van der Waals surface area (Å²) in [6, 6.07) is 12.3. The van der Waals surface area contributed by atoms with E-state index in [1.54, 1.807) is 0 Å². The Kier molecular flexibility index (Phi) is 5.37. The van der Waals surface area contributed by atoms with Gasteiger partial charge < -0.3 is 4.57 Å². The lowest BCUT2D eigenvalue weighted by Crippen LogP contribution is -2.00. The van der Waals surface area contributed by atoms with Gasteiger partial charge in [0.05, 0.1) is 18.2 Å². The number of aryl methyl sites for hydroxylation is 1. The van der Waals surface area contributed by atoms with Crippen molar-refractivity contribution in [2.45, 2.75) is 39.2 Å². The lowest BCUT2D eigenvalue weighted by atomic mass is 10.2. The molecule has 0 saturated heterocycles. The van der Waals surface area contributed by atoms with Gasteiger partial charge in [0.25, 0.3) is 0 Å². The number of hydrogen-bond acceptors (Lipinski definition) is 2. The second kappa shape index (κ2) is 7.25. The number of benzene rings is 1. The SMILES string of the molecule is CCCCc1nc(-c2ccccc2)n(CCC#N)c1Br. The Morgan fingerprint density at radius 3 is 2.70 bits per heavy atom. The van der Waals surface area contributed by atoms with Gasteiger partial charge in [-0.25, -0.2) is 4.98 Å². The maximum absolute atomic E-state index is 8.83. The van der Waals surface area contributed by atoms with Crippen molar-refractivity contribution in [3.8, 4) is 17.5 Å². The molecule has 0 aliphatic carbocycles. The lowest BCUT2D eigenvalue weighted by Gasteiger charge is -2.07. The molecule has 1 aromatic heterocycles. The molecular weight excluding hydrogens is 314 g/mol. The Bertz CT molecular complexity index is 596. The second-order valence-corrected chi connectivity index (χ2v) is 5.45. The summed E-state index contributed by atoms with van der Waals surface area (Å²) in [5, 5.41) is 8.83. The molecule has 0 spiro atoms. The van der Waals surface area contributed by atoms with Crippen LogP contribution in [-0.4, -0.2) is 9.55 Å². The fraction of sp³-hybridized carbons (Fsp3) is 0.375. The summed E-state index contributed by atoms with van der Waals surface area (Å²) >= 11 is 3.65. The summed E-state index contributed by atoms with van der Waals surface area (Å²) in [6.07, 6.45) is 3.73. The summed E-state index contributed by atoms with van der Waals surface area (Å²) < 4.78 is 3.11. The first kappa shape index (κ1) is 14.8. The van der Waals surface area contributed by atoms with E-state index in [0.29, 0.717) is 13.0 Å². The monoisotopic (exact) mass is 331 g/mol. The van der Waals surface area contributed by atoms with E-state index in [1.165, 1.54) is 0 Å². The van der Waals surface area contributed by atoms with Crippen LogP contribution in [0.15, 0.2) is 34.9 Å². The van der Waals surface area contributed by atoms with E-state index in [-0.39, 0.29) is 0 Å². The molecule has 0 N–H and O–H groups in total. The maximum atomic E-state index is 8.83. The number of unbranched alkanes of at least 4 members (excludes halogenated alkanes) is 1. The molecule has 0 saturated carbocycles. The molecule has 4 heteroatoms. The molecule has 2 rings (SSSR count). The highest BCUT2D eigenvalue weighted by molar-refractivity contribution is 9.10. The number of nitrogens with zero attached hydrogens (tertiary/aromatic N) is 3. The zero-order chi connectivity index (χ0) is 14.4. The van der Waals surface area contributed by atoms with E-state index in [1.807, 2.05) is 18.2 Å². The van der Waals surface area contributed by atoms with Gasteiger partial charge in [0.15, 0.2) is 0 Å². The van der Waals surface area contributed by atoms with Gasteiger partial charge in [-0.05, 0) is 28.8 Å². The molecule has 0 aliphatic heterocycles. The molecule has 0 bridgehead atoms. The van der Waals surface area contributed by atoms with E-state index in [2.05, 4.69) is 45.6 Å². The van der Waals surface area contributed by atoms with Crippen LogP contribution in [0.5, 0.6) is 0 Å². The average molecular weight is 332 g/mol. The van der Waals surface area contributed by atoms with Crippen molar-refractivity contribution in [3.05, 3.63) is 40.6 Å². The van der Waals surface area contributed by atoms with Crippen molar-refractivity contribution in [2.24, 2.45) is 0 Å². The highest BCUT2D eigenvalue weighted by Gasteiger charge is 2.15. The predicted octanol–water partition coefficient (Wildman–Crippen LogP) is 4.57. The van der Waals surface area contributed by atoms with Gasteiger partial charge in [0.1, 0.15) is 10.4 Å². The predicted molar refractivity (Wildman–Crippen MR) is 84.2 cm³/mol. The Morgan fingerprint density at radius 2 is 2.05 bits per heavy atom. The molecule has 0 amide bonds. The number of nitriles is 1. The summed E-state index contributed by atoms with van der Waals surface area (Å²) in [4.78, 5) is 4.78. The van der Waals surface area contributed by atoms with Crippen molar-refractivity contribution < 1.29 is 0 Å². The van der Waals surface area contributed by atoms with Crippen LogP contribution in [0.4, 0.5) is 0 Å². The quantitative estimate of drug-likeness (QED) is 0.777. The van der Waals surface area contributed by atoms with E-state index in [0.717, 1.165) is 40.9 Å². The van der Waals surface area contributed by atoms with Crippen LogP contribution < -0.4 is 0 Å². The smallest absolute Gasteiger partial charge is 0.141 e. The minimum Gasteiger partial charge on any atom is -0.317 e. The van der Waals surface area contributed by atoms with Crippen molar-refractivity contribution in [3.63, 3.8) is 0 Å². The first-order chi connectivity index (χ1) is 9.77. The van der Waals surface area contributed by atoms with Crippen LogP contribution in [0.1, 0.15) is 31.9 Å². The molecule has 0 fully saturated rings. The Labute approximate surface area is 128 Å². The third-order valence-electron chi connectivity index (χ3n) is 3.22. The molecule has 0 radical (unpaired) electrons. The number of rotatable bonds is 6. The van der Waals surface area contributed by atoms with Crippen molar-refractivity contribution in [1.29, 1.82) is 5.26 Å². The van der Waals surface area contributed by atoms with Gasteiger partial charge in [0.2, 0.25) is 0 Å². The van der Waals surface area contributed by atoms with Crippen LogP contribution in [-0.2, 0) is 13.0 Å². The highest BCUT2D eigenvalue weighted by Crippen LogP contribution is 2.27. The Balaban J connectivity index is 2.40. The van der Waals surface area contributed by atoms with E-state index < -0.39 is 0 Å². The van der Waals surface area contributed by atoms with E-state index >= 15 is 0 Å². The first-order valence-electron chi connectivity index (χ1n) is 6.95. The summed E-state index contributed by atoms with van der Waals surface area (Å²) in [5.41, 5.74) is 2.18. The molecular formula is C16H18BrN3. The Morgan fingerprint density at radius 1 is 1.30 bits per heavy atom. The fourth-order valence-corrected chi connectivity index (χ4v) is 2.79. The number of hydrogen-bond donors (Lipinski definition) is 0. The van der Waals surface area contributed by atoms with Crippen LogP contribution in [0.25, 0.3) is 11.4 Å². The lowest BCUT2D eigenvalue weighted by molar-refractivity contribution is 0.704.